The number of carbonyl (C=O) groups is 3. The molecule has 0 fully saturated rings. The minimum absolute atomic E-state index is 0.0506. The van der Waals surface area contributed by atoms with Gasteiger partial charge in [-0.15, -0.1) is 0 Å². The second-order valence-electron chi connectivity index (χ2n) is 5.11. The highest BCUT2D eigenvalue weighted by Gasteiger charge is 2.15. The van der Waals surface area contributed by atoms with E-state index in [9.17, 15) is 19.5 Å². The van der Waals surface area contributed by atoms with Crippen LogP contribution in [0.15, 0.2) is 53.1 Å². The van der Waals surface area contributed by atoms with Gasteiger partial charge in [-0.05, 0) is 24.1 Å². The van der Waals surface area contributed by atoms with Crippen molar-refractivity contribution in [1.29, 1.82) is 0 Å². The zero-order valence-corrected chi connectivity index (χ0v) is 12.9. The predicted molar refractivity (Wildman–Crippen MR) is 82.7 cm³/mol. The number of furan rings is 1. The van der Waals surface area contributed by atoms with E-state index in [0.717, 1.165) is 5.56 Å². The molecule has 1 atom stereocenters. The van der Waals surface area contributed by atoms with E-state index < -0.39 is 23.8 Å². The van der Waals surface area contributed by atoms with E-state index in [1.54, 1.807) is 30.3 Å². The van der Waals surface area contributed by atoms with Crippen LogP contribution in [-0.4, -0.2) is 30.4 Å². The fourth-order valence-electron chi connectivity index (χ4n) is 2.09. The van der Waals surface area contributed by atoms with Gasteiger partial charge in [-0.1, -0.05) is 30.3 Å². The van der Waals surface area contributed by atoms with Gasteiger partial charge in [0.2, 0.25) is 5.91 Å². The number of carboxylic acid groups (broad SMARTS) is 1. The summed E-state index contributed by atoms with van der Waals surface area (Å²) in [6.45, 7) is 0.0659. The third-order valence-corrected chi connectivity index (χ3v) is 3.28. The molecule has 2 amide bonds. The van der Waals surface area contributed by atoms with Crippen LogP contribution in [0.2, 0.25) is 0 Å². The maximum atomic E-state index is 11.8. The summed E-state index contributed by atoms with van der Waals surface area (Å²) < 4.78 is 4.92. The van der Waals surface area contributed by atoms with Gasteiger partial charge in [-0.3, -0.25) is 9.59 Å². The molecule has 126 valence electrons. The molecule has 0 saturated heterocycles. The molecule has 2 aromatic rings. The summed E-state index contributed by atoms with van der Waals surface area (Å²) in [6.07, 6.45) is 1.45. The molecule has 0 radical (unpaired) electrons. The van der Waals surface area contributed by atoms with Gasteiger partial charge in [0.25, 0.3) is 5.91 Å². The Morgan fingerprint density at radius 2 is 1.83 bits per heavy atom. The molecule has 2 N–H and O–H groups in total. The summed E-state index contributed by atoms with van der Waals surface area (Å²) in [6, 6.07) is 10.9. The van der Waals surface area contributed by atoms with Gasteiger partial charge in [0.15, 0.2) is 5.76 Å². The molecule has 0 aliphatic rings. The molecule has 0 unspecified atom stereocenters. The zero-order valence-electron chi connectivity index (χ0n) is 12.9. The Labute approximate surface area is 138 Å². The average molecular weight is 329 g/mol. The number of amides is 2. The van der Waals surface area contributed by atoms with Crippen LogP contribution in [0.1, 0.15) is 22.5 Å². The monoisotopic (exact) mass is 329 g/mol. The smallest absolute Gasteiger partial charge is 0.286 e. The molecule has 24 heavy (non-hydrogen) atoms. The minimum atomic E-state index is -1.35. The van der Waals surface area contributed by atoms with Gasteiger partial charge in [-0.2, -0.15) is 0 Å². The third-order valence-electron chi connectivity index (χ3n) is 3.28. The van der Waals surface area contributed by atoms with Crippen LogP contribution >= 0.6 is 0 Å². The van der Waals surface area contributed by atoms with Gasteiger partial charge in [0.1, 0.15) is 0 Å². The highest BCUT2D eigenvalue weighted by atomic mass is 16.4. The maximum absolute atomic E-state index is 11.8. The first kappa shape index (κ1) is 17.3. The number of rotatable bonds is 8. The lowest BCUT2D eigenvalue weighted by atomic mass is 10.1. The first-order chi connectivity index (χ1) is 11.6. The Balaban J connectivity index is 1.78. The Morgan fingerprint density at radius 3 is 2.46 bits per heavy atom. The predicted octanol–water partition coefficient (Wildman–Crippen LogP) is -0.123. The molecule has 1 heterocycles. The van der Waals surface area contributed by atoms with Crippen molar-refractivity contribution in [2.24, 2.45) is 0 Å². The van der Waals surface area contributed by atoms with Crippen molar-refractivity contribution < 1.29 is 23.9 Å². The van der Waals surface area contributed by atoms with Crippen LogP contribution in [0.5, 0.6) is 0 Å². The normalized spacial score (nSPS) is 11.5. The third kappa shape index (κ3) is 5.28. The molecule has 0 aliphatic heterocycles. The molecule has 0 aliphatic carbocycles. The van der Waals surface area contributed by atoms with Gasteiger partial charge < -0.3 is 25.0 Å². The van der Waals surface area contributed by atoms with E-state index in [0.29, 0.717) is 0 Å². The van der Waals surface area contributed by atoms with Crippen LogP contribution in [-0.2, 0) is 16.0 Å². The van der Waals surface area contributed by atoms with Crippen LogP contribution in [0, 0.1) is 0 Å². The van der Waals surface area contributed by atoms with Crippen LogP contribution in [0.25, 0.3) is 0 Å². The lowest BCUT2D eigenvalue weighted by molar-refractivity contribution is -0.308. The van der Waals surface area contributed by atoms with Gasteiger partial charge >= 0.3 is 0 Å². The summed E-state index contributed by atoms with van der Waals surface area (Å²) in [7, 11) is 0. The standard InChI is InChI=1S/C17H18N2O5/c20-15(8-9-18-16(21)14-7-4-10-24-14)19-13(17(22)23)11-12-5-2-1-3-6-12/h1-7,10,13H,8-9,11H2,(H,18,21)(H,19,20)(H,22,23)/p-1/t13-/m0/s1. The summed E-state index contributed by atoms with van der Waals surface area (Å²) >= 11 is 0. The fourth-order valence-corrected chi connectivity index (χ4v) is 2.09. The lowest BCUT2D eigenvalue weighted by Gasteiger charge is -2.20. The highest BCUT2D eigenvalue weighted by Crippen LogP contribution is 2.03. The zero-order chi connectivity index (χ0) is 17.4. The molecular weight excluding hydrogens is 312 g/mol. The van der Waals surface area contributed by atoms with Crippen LogP contribution in [0.3, 0.4) is 0 Å². The van der Waals surface area contributed by atoms with E-state index in [2.05, 4.69) is 10.6 Å². The SMILES string of the molecule is O=C(CCNC(=O)c1ccco1)N[C@@H](Cc1ccccc1)C(=O)[O-]. The molecule has 7 nitrogen and oxygen atoms in total. The topological polar surface area (TPSA) is 111 Å². The van der Waals surface area contributed by atoms with Crippen molar-refractivity contribution in [1.82, 2.24) is 10.6 Å². The van der Waals surface area contributed by atoms with Gasteiger partial charge in [0.05, 0.1) is 18.3 Å². The van der Waals surface area contributed by atoms with Crippen LogP contribution < -0.4 is 15.7 Å². The second-order valence-corrected chi connectivity index (χ2v) is 5.11. The van der Waals surface area contributed by atoms with E-state index in [4.69, 9.17) is 4.42 Å². The Hall–Kier alpha value is -3.09. The van der Waals surface area contributed by atoms with Crippen molar-refractivity contribution in [2.75, 3.05) is 6.54 Å². The molecule has 0 bridgehead atoms. The molecule has 0 spiro atoms. The number of carbonyl (C=O) groups excluding carboxylic acids is 3. The van der Waals surface area contributed by atoms with E-state index in [1.165, 1.54) is 12.3 Å². The second kappa shape index (κ2) is 8.52. The van der Waals surface area contributed by atoms with Crippen LogP contribution in [0.4, 0.5) is 0 Å². The van der Waals surface area contributed by atoms with Crippen molar-refractivity contribution in [2.45, 2.75) is 18.9 Å². The van der Waals surface area contributed by atoms with Crippen molar-refractivity contribution in [3.05, 3.63) is 60.1 Å². The number of carboxylic acids is 1. The number of aliphatic carboxylic acids is 1. The number of hydrogen-bond donors (Lipinski definition) is 2. The number of benzene rings is 1. The summed E-state index contributed by atoms with van der Waals surface area (Å²) in [5, 5.41) is 16.1. The summed E-state index contributed by atoms with van der Waals surface area (Å²) in [5.41, 5.74) is 0.776. The highest BCUT2D eigenvalue weighted by molar-refractivity contribution is 5.91. The molecular formula is C17H17N2O5-. The Morgan fingerprint density at radius 1 is 1.08 bits per heavy atom. The van der Waals surface area contributed by atoms with Gasteiger partial charge in [-0.25, -0.2) is 0 Å². The first-order valence-electron chi connectivity index (χ1n) is 7.42. The molecule has 0 saturated carbocycles. The quantitative estimate of drug-likeness (QED) is 0.701. The van der Waals surface area contributed by atoms with Crippen molar-refractivity contribution in [3.8, 4) is 0 Å². The van der Waals surface area contributed by atoms with E-state index in [-0.39, 0.29) is 25.1 Å². The Kier molecular flexibility index (Phi) is 6.13. The molecule has 7 heteroatoms. The van der Waals surface area contributed by atoms with E-state index >= 15 is 0 Å². The largest absolute Gasteiger partial charge is 0.548 e. The Bertz CT molecular complexity index is 682. The lowest BCUT2D eigenvalue weighted by Crippen LogP contribution is -2.49. The van der Waals surface area contributed by atoms with Gasteiger partial charge in [0, 0.05) is 13.0 Å². The fraction of sp³-hybridized carbons (Fsp3) is 0.235. The van der Waals surface area contributed by atoms with Crippen molar-refractivity contribution in [3.63, 3.8) is 0 Å². The number of nitrogens with one attached hydrogen (secondary N) is 2. The maximum Gasteiger partial charge on any atom is 0.286 e. The summed E-state index contributed by atoms with van der Waals surface area (Å²) in [5.74, 6) is -2.13. The number of hydrogen-bond acceptors (Lipinski definition) is 5. The molecule has 1 aromatic carbocycles. The molecule has 1 aromatic heterocycles. The molecule has 2 rings (SSSR count). The minimum Gasteiger partial charge on any atom is -0.548 e. The first-order valence-corrected chi connectivity index (χ1v) is 7.42. The average Bonchev–Trinajstić information content (AvgIpc) is 3.09. The van der Waals surface area contributed by atoms with Crippen molar-refractivity contribution >= 4 is 17.8 Å². The van der Waals surface area contributed by atoms with E-state index in [1.807, 2.05) is 6.07 Å². The summed E-state index contributed by atoms with van der Waals surface area (Å²) in [4.78, 5) is 34.6.